The average molecular weight is 266 g/mol. The lowest BCUT2D eigenvalue weighted by Gasteiger charge is -2.33. The number of hydrogen-bond donors (Lipinski definition) is 0. The van der Waals surface area contributed by atoms with E-state index in [9.17, 15) is 9.18 Å². The van der Waals surface area contributed by atoms with Crippen molar-refractivity contribution >= 4 is 5.91 Å². The van der Waals surface area contributed by atoms with E-state index in [0.29, 0.717) is 5.75 Å². The lowest BCUT2D eigenvalue weighted by Crippen LogP contribution is -2.50. The second-order valence-electron chi connectivity index (χ2n) is 4.84. The van der Waals surface area contributed by atoms with E-state index >= 15 is 0 Å². The van der Waals surface area contributed by atoms with Crippen molar-refractivity contribution in [3.8, 4) is 5.75 Å². The van der Waals surface area contributed by atoms with E-state index < -0.39 is 6.10 Å². The fourth-order valence-corrected chi connectivity index (χ4v) is 2.05. The van der Waals surface area contributed by atoms with Crippen LogP contribution in [-0.4, -0.2) is 55.0 Å². The highest BCUT2D eigenvalue weighted by Crippen LogP contribution is 2.14. The third-order valence-electron chi connectivity index (χ3n) is 3.29. The van der Waals surface area contributed by atoms with Gasteiger partial charge in [-0.05, 0) is 38.2 Å². The van der Waals surface area contributed by atoms with E-state index in [1.165, 1.54) is 24.3 Å². The number of benzene rings is 1. The lowest BCUT2D eigenvalue weighted by molar-refractivity contribution is -0.139. The summed E-state index contributed by atoms with van der Waals surface area (Å²) in [5.74, 6) is 0.180. The normalized spacial score (nSPS) is 18.2. The highest BCUT2D eigenvalue weighted by Gasteiger charge is 2.24. The van der Waals surface area contributed by atoms with Crippen LogP contribution in [-0.2, 0) is 4.79 Å². The predicted molar refractivity (Wildman–Crippen MR) is 70.6 cm³/mol. The summed E-state index contributed by atoms with van der Waals surface area (Å²) >= 11 is 0. The molecule has 1 heterocycles. The lowest BCUT2D eigenvalue weighted by atomic mass is 10.2. The number of nitrogens with zero attached hydrogens (tertiary/aromatic N) is 2. The van der Waals surface area contributed by atoms with Gasteiger partial charge in [0.15, 0.2) is 6.10 Å². The molecule has 0 bridgehead atoms. The maximum Gasteiger partial charge on any atom is 0.263 e. The van der Waals surface area contributed by atoms with Gasteiger partial charge in [-0.1, -0.05) is 0 Å². The van der Waals surface area contributed by atoms with E-state index in [1.807, 2.05) is 11.9 Å². The quantitative estimate of drug-likeness (QED) is 0.828. The summed E-state index contributed by atoms with van der Waals surface area (Å²) < 4.78 is 18.3. The van der Waals surface area contributed by atoms with Crippen LogP contribution >= 0.6 is 0 Å². The van der Waals surface area contributed by atoms with E-state index in [2.05, 4.69) is 4.90 Å². The molecule has 1 unspecified atom stereocenters. The van der Waals surface area contributed by atoms with Crippen molar-refractivity contribution in [2.75, 3.05) is 33.2 Å². The summed E-state index contributed by atoms with van der Waals surface area (Å²) in [5, 5.41) is 0. The first-order valence-corrected chi connectivity index (χ1v) is 6.46. The summed E-state index contributed by atoms with van der Waals surface area (Å²) in [6.45, 7) is 4.95. The van der Waals surface area contributed by atoms with Crippen molar-refractivity contribution in [2.45, 2.75) is 13.0 Å². The molecular formula is C14H19FN2O2. The first-order chi connectivity index (χ1) is 9.06. The van der Waals surface area contributed by atoms with Crippen LogP contribution in [0.2, 0.25) is 0 Å². The molecular weight excluding hydrogens is 247 g/mol. The second kappa shape index (κ2) is 6.02. The number of carbonyl (C=O) groups excluding carboxylic acids is 1. The Morgan fingerprint density at radius 1 is 1.21 bits per heavy atom. The second-order valence-corrected chi connectivity index (χ2v) is 4.84. The highest BCUT2D eigenvalue weighted by molar-refractivity contribution is 5.81. The fraction of sp³-hybridized carbons (Fsp3) is 0.500. The SMILES string of the molecule is CC(Oc1ccc(F)cc1)C(=O)N1CCN(C)CC1. The predicted octanol–water partition coefficient (Wildman–Crippen LogP) is 1.37. The van der Waals surface area contributed by atoms with E-state index in [0.717, 1.165) is 26.2 Å². The third kappa shape index (κ3) is 3.67. The molecule has 0 aromatic heterocycles. The Hall–Kier alpha value is -1.62. The van der Waals surface area contributed by atoms with Crippen LogP contribution in [0, 0.1) is 5.82 Å². The number of carbonyl (C=O) groups is 1. The van der Waals surface area contributed by atoms with Gasteiger partial charge in [-0.15, -0.1) is 0 Å². The van der Waals surface area contributed by atoms with Gasteiger partial charge in [0.1, 0.15) is 11.6 Å². The maximum absolute atomic E-state index is 12.8. The van der Waals surface area contributed by atoms with Crippen LogP contribution in [0.3, 0.4) is 0 Å². The Labute approximate surface area is 112 Å². The average Bonchev–Trinajstić information content (AvgIpc) is 2.41. The molecule has 1 aliphatic heterocycles. The first-order valence-electron chi connectivity index (χ1n) is 6.46. The zero-order valence-corrected chi connectivity index (χ0v) is 11.3. The van der Waals surface area contributed by atoms with Gasteiger partial charge in [-0.3, -0.25) is 4.79 Å². The first kappa shape index (κ1) is 13.8. The molecule has 1 aromatic carbocycles. The minimum absolute atomic E-state index is 0.0163. The molecule has 0 radical (unpaired) electrons. The number of halogens is 1. The molecule has 19 heavy (non-hydrogen) atoms. The molecule has 1 saturated heterocycles. The Balaban J connectivity index is 1.90. The number of amides is 1. The van der Waals surface area contributed by atoms with Crippen LogP contribution in [0.25, 0.3) is 0 Å². The summed E-state index contributed by atoms with van der Waals surface area (Å²) in [4.78, 5) is 16.2. The van der Waals surface area contributed by atoms with Crippen molar-refractivity contribution in [1.29, 1.82) is 0 Å². The molecule has 0 N–H and O–H groups in total. The molecule has 4 nitrogen and oxygen atoms in total. The van der Waals surface area contributed by atoms with Gasteiger partial charge in [0.2, 0.25) is 0 Å². The van der Waals surface area contributed by atoms with E-state index in [4.69, 9.17) is 4.74 Å². The maximum atomic E-state index is 12.8. The summed E-state index contributed by atoms with van der Waals surface area (Å²) in [7, 11) is 2.04. The van der Waals surface area contributed by atoms with E-state index in [-0.39, 0.29) is 11.7 Å². The van der Waals surface area contributed by atoms with Crippen LogP contribution in [0.1, 0.15) is 6.92 Å². The van der Waals surface area contributed by atoms with Crippen molar-refractivity contribution in [2.24, 2.45) is 0 Å². The van der Waals surface area contributed by atoms with Crippen LogP contribution < -0.4 is 4.74 Å². The van der Waals surface area contributed by atoms with Gasteiger partial charge in [0, 0.05) is 26.2 Å². The molecule has 1 atom stereocenters. The van der Waals surface area contributed by atoms with Crippen molar-refractivity contribution in [1.82, 2.24) is 9.80 Å². The molecule has 0 aliphatic carbocycles. The van der Waals surface area contributed by atoms with Gasteiger partial charge < -0.3 is 14.5 Å². The molecule has 0 saturated carbocycles. The standard InChI is InChI=1S/C14H19FN2O2/c1-11(19-13-5-3-12(15)4-6-13)14(18)17-9-7-16(2)8-10-17/h3-6,11H,7-10H2,1-2H3. The van der Waals surface area contributed by atoms with Gasteiger partial charge in [0.25, 0.3) is 5.91 Å². The monoisotopic (exact) mass is 266 g/mol. The fourth-order valence-electron chi connectivity index (χ4n) is 2.05. The zero-order chi connectivity index (χ0) is 13.8. The number of hydrogen-bond acceptors (Lipinski definition) is 3. The van der Waals surface area contributed by atoms with Gasteiger partial charge in [-0.2, -0.15) is 0 Å². The Bertz CT molecular complexity index is 428. The largest absolute Gasteiger partial charge is 0.481 e. The molecule has 1 amide bonds. The van der Waals surface area contributed by atoms with Crippen LogP contribution in [0.4, 0.5) is 4.39 Å². The number of likely N-dealkylation sites (N-methyl/N-ethyl adjacent to an activating group) is 1. The van der Waals surface area contributed by atoms with Gasteiger partial charge in [0.05, 0.1) is 0 Å². The van der Waals surface area contributed by atoms with Crippen LogP contribution in [0.15, 0.2) is 24.3 Å². The molecule has 104 valence electrons. The van der Waals surface area contributed by atoms with Crippen molar-refractivity contribution < 1.29 is 13.9 Å². The van der Waals surface area contributed by atoms with Crippen molar-refractivity contribution in [3.05, 3.63) is 30.1 Å². The molecule has 5 heteroatoms. The molecule has 2 rings (SSSR count). The zero-order valence-electron chi connectivity index (χ0n) is 11.3. The summed E-state index contributed by atoms with van der Waals surface area (Å²) in [6, 6.07) is 5.71. The highest BCUT2D eigenvalue weighted by atomic mass is 19.1. The smallest absolute Gasteiger partial charge is 0.263 e. The van der Waals surface area contributed by atoms with E-state index in [1.54, 1.807) is 6.92 Å². The van der Waals surface area contributed by atoms with Crippen molar-refractivity contribution in [3.63, 3.8) is 0 Å². The number of ether oxygens (including phenoxy) is 1. The third-order valence-corrected chi connectivity index (χ3v) is 3.29. The Kier molecular flexibility index (Phi) is 4.37. The van der Waals surface area contributed by atoms with Crippen LogP contribution in [0.5, 0.6) is 5.75 Å². The Morgan fingerprint density at radius 3 is 2.37 bits per heavy atom. The Morgan fingerprint density at radius 2 is 1.79 bits per heavy atom. The summed E-state index contributed by atoms with van der Waals surface area (Å²) in [5.41, 5.74) is 0. The van der Waals surface area contributed by atoms with Gasteiger partial charge >= 0.3 is 0 Å². The van der Waals surface area contributed by atoms with Gasteiger partial charge in [-0.25, -0.2) is 4.39 Å². The number of piperazine rings is 1. The topological polar surface area (TPSA) is 32.8 Å². The molecule has 1 aliphatic rings. The molecule has 1 aromatic rings. The number of rotatable bonds is 3. The minimum Gasteiger partial charge on any atom is -0.481 e. The summed E-state index contributed by atoms with van der Waals surface area (Å²) in [6.07, 6.45) is -0.547. The minimum atomic E-state index is -0.547. The molecule has 0 spiro atoms. The molecule has 1 fully saturated rings.